The number of hydrogen-bond acceptors (Lipinski definition) is 5. The van der Waals surface area contributed by atoms with Gasteiger partial charge in [-0.3, -0.25) is 4.79 Å². The summed E-state index contributed by atoms with van der Waals surface area (Å²) in [5, 5.41) is 0. The van der Waals surface area contributed by atoms with E-state index in [-0.39, 0.29) is 5.97 Å². The number of esters is 1. The quantitative estimate of drug-likeness (QED) is 0.211. The largest absolute Gasteiger partial charge is 0.494 e. The van der Waals surface area contributed by atoms with Gasteiger partial charge in [0, 0.05) is 12.0 Å². The molecule has 5 nitrogen and oxygen atoms in total. The summed E-state index contributed by atoms with van der Waals surface area (Å²) in [6.07, 6.45) is 16.6. The minimum absolute atomic E-state index is 0.219. The van der Waals surface area contributed by atoms with Gasteiger partial charge in [0.2, 0.25) is 0 Å². The summed E-state index contributed by atoms with van der Waals surface area (Å²) in [5.41, 5.74) is 0.903. The SMILES string of the molecule is CCCCCCCCC(=O)Oc1cnc(-c2ccc(OCCCCCCC)cc2)nc1. The highest BCUT2D eigenvalue weighted by Gasteiger charge is 2.07. The molecule has 5 heteroatoms. The molecule has 0 amide bonds. The number of benzene rings is 1. The highest BCUT2D eigenvalue weighted by Crippen LogP contribution is 2.21. The van der Waals surface area contributed by atoms with Crippen molar-refractivity contribution in [2.24, 2.45) is 0 Å². The molecular weight excluding hydrogens is 388 g/mol. The molecule has 170 valence electrons. The Labute approximate surface area is 187 Å². The van der Waals surface area contributed by atoms with Crippen molar-refractivity contribution in [2.75, 3.05) is 6.61 Å². The normalized spacial score (nSPS) is 10.8. The number of aromatic nitrogens is 2. The van der Waals surface area contributed by atoms with Crippen molar-refractivity contribution in [3.63, 3.8) is 0 Å². The summed E-state index contributed by atoms with van der Waals surface area (Å²) in [4.78, 5) is 20.6. The van der Waals surface area contributed by atoms with Crippen LogP contribution in [0, 0.1) is 0 Å². The second-order valence-electron chi connectivity index (χ2n) is 8.02. The number of ether oxygens (including phenoxy) is 2. The van der Waals surface area contributed by atoms with E-state index in [2.05, 4.69) is 23.8 Å². The molecule has 0 aliphatic carbocycles. The maximum Gasteiger partial charge on any atom is 0.311 e. The van der Waals surface area contributed by atoms with Gasteiger partial charge in [-0.15, -0.1) is 0 Å². The Hall–Kier alpha value is -2.43. The van der Waals surface area contributed by atoms with Crippen molar-refractivity contribution in [1.82, 2.24) is 9.97 Å². The van der Waals surface area contributed by atoms with E-state index in [1.54, 1.807) is 12.4 Å². The third-order valence-corrected chi connectivity index (χ3v) is 5.22. The summed E-state index contributed by atoms with van der Waals surface area (Å²) in [6.45, 7) is 5.17. The Bertz CT molecular complexity index is 729. The first-order chi connectivity index (χ1) is 15.2. The summed E-state index contributed by atoms with van der Waals surface area (Å²) in [7, 11) is 0. The molecule has 0 saturated heterocycles. The predicted molar refractivity (Wildman–Crippen MR) is 125 cm³/mol. The first-order valence-electron chi connectivity index (χ1n) is 12.0. The first-order valence-corrected chi connectivity index (χ1v) is 12.0. The van der Waals surface area contributed by atoms with E-state index in [0.29, 0.717) is 18.0 Å². The van der Waals surface area contributed by atoms with Crippen LogP contribution >= 0.6 is 0 Å². The minimum Gasteiger partial charge on any atom is -0.494 e. The van der Waals surface area contributed by atoms with Crippen LogP contribution in [-0.4, -0.2) is 22.5 Å². The van der Waals surface area contributed by atoms with E-state index in [0.717, 1.165) is 37.2 Å². The molecular formula is C26H38N2O3. The Kier molecular flexibility index (Phi) is 12.3. The summed E-state index contributed by atoms with van der Waals surface area (Å²) in [6, 6.07) is 7.79. The molecule has 0 N–H and O–H groups in total. The number of rotatable bonds is 16. The molecule has 0 unspecified atom stereocenters. The number of nitrogens with zero attached hydrogens (tertiary/aromatic N) is 2. The van der Waals surface area contributed by atoms with Crippen LogP contribution in [0.25, 0.3) is 11.4 Å². The fourth-order valence-corrected chi connectivity index (χ4v) is 3.35. The molecule has 0 fully saturated rings. The molecule has 0 saturated carbocycles. The average Bonchev–Trinajstić information content (AvgIpc) is 2.79. The Morgan fingerprint density at radius 2 is 1.32 bits per heavy atom. The number of hydrogen-bond donors (Lipinski definition) is 0. The van der Waals surface area contributed by atoms with Crippen molar-refractivity contribution in [3.05, 3.63) is 36.7 Å². The molecule has 0 bridgehead atoms. The lowest BCUT2D eigenvalue weighted by Crippen LogP contribution is -2.08. The van der Waals surface area contributed by atoms with Crippen molar-refractivity contribution < 1.29 is 14.3 Å². The monoisotopic (exact) mass is 426 g/mol. The minimum atomic E-state index is -0.219. The zero-order valence-corrected chi connectivity index (χ0v) is 19.3. The van der Waals surface area contributed by atoms with Gasteiger partial charge >= 0.3 is 5.97 Å². The Morgan fingerprint density at radius 1 is 0.742 bits per heavy atom. The van der Waals surface area contributed by atoms with Crippen LogP contribution in [0.15, 0.2) is 36.7 Å². The maximum absolute atomic E-state index is 12.0. The molecule has 31 heavy (non-hydrogen) atoms. The topological polar surface area (TPSA) is 61.3 Å². The molecule has 2 aromatic rings. The Balaban J connectivity index is 1.71. The molecule has 0 spiro atoms. The lowest BCUT2D eigenvalue weighted by Gasteiger charge is -2.07. The molecule has 1 aromatic heterocycles. The summed E-state index contributed by atoms with van der Waals surface area (Å²) in [5.74, 6) is 1.63. The van der Waals surface area contributed by atoms with E-state index in [4.69, 9.17) is 9.47 Å². The fourth-order valence-electron chi connectivity index (χ4n) is 3.35. The van der Waals surface area contributed by atoms with E-state index >= 15 is 0 Å². The summed E-state index contributed by atoms with van der Waals surface area (Å²) >= 11 is 0. The van der Waals surface area contributed by atoms with Crippen LogP contribution in [0.3, 0.4) is 0 Å². The van der Waals surface area contributed by atoms with Gasteiger partial charge in [0.25, 0.3) is 0 Å². The van der Waals surface area contributed by atoms with Crippen molar-refractivity contribution >= 4 is 5.97 Å². The van der Waals surface area contributed by atoms with Crippen LogP contribution < -0.4 is 9.47 Å². The fraction of sp³-hybridized carbons (Fsp3) is 0.577. The van der Waals surface area contributed by atoms with Gasteiger partial charge in [0.15, 0.2) is 11.6 Å². The standard InChI is InChI=1S/C26H38N2O3/c1-3-5-7-9-10-12-14-25(29)31-24-20-27-26(28-21-24)22-15-17-23(18-16-22)30-19-13-11-8-6-4-2/h15-18,20-21H,3-14,19H2,1-2H3. The highest BCUT2D eigenvalue weighted by atomic mass is 16.5. The molecule has 2 rings (SSSR count). The molecule has 1 aromatic carbocycles. The van der Waals surface area contributed by atoms with Gasteiger partial charge < -0.3 is 9.47 Å². The molecule has 0 aliphatic heterocycles. The lowest BCUT2D eigenvalue weighted by molar-refractivity contribution is -0.134. The van der Waals surface area contributed by atoms with Crippen LogP contribution in [0.5, 0.6) is 11.5 Å². The highest BCUT2D eigenvalue weighted by molar-refractivity contribution is 5.72. The van der Waals surface area contributed by atoms with Crippen molar-refractivity contribution in [1.29, 1.82) is 0 Å². The molecule has 0 radical (unpaired) electrons. The third-order valence-electron chi connectivity index (χ3n) is 5.22. The van der Waals surface area contributed by atoms with Crippen molar-refractivity contribution in [3.8, 4) is 22.9 Å². The van der Waals surface area contributed by atoms with Gasteiger partial charge in [0.05, 0.1) is 19.0 Å². The van der Waals surface area contributed by atoms with Crippen LogP contribution in [-0.2, 0) is 4.79 Å². The second kappa shape index (κ2) is 15.4. The zero-order chi connectivity index (χ0) is 22.2. The first kappa shape index (κ1) is 24.8. The van der Waals surface area contributed by atoms with Gasteiger partial charge in [-0.1, -0.05) is 71.6 Å². The third kappa shape index (κ3) is 10.4. The average molecular weight is 427 g/mol. The summed E-state index contributed by atoms with van der Waals surface area (Å²) < 4.78 is 11.1. The lowest BCUT2D eigenvalue weighted by atomic mass is 10.1. The smallest absolute Gasteiger partial charge is 0.311 e. The Morgan fingerprint density at radius 3 is 1.97 bits per heavy atom. The van der Waals surface area contributed by atoms with Crippen molar-refractivity contribution in [2.45, 2.75) is 90.9 Å². The molecule has 0 atom stereocenters. The zero-order valence-electron chi connectivity index (χ0n) is 19.3. The van der Waals surface area contributed by atoms with E-state index < -0.39 is 0 Å². The second-order valence-corrected chi connectivity index (χ2v) is 8.02. The van der Waals surface area contributed by atoms with Gasteiger partial charge in [-0.05, 0) is 37.1 Å². The number of carbonyl (C=O) groups excluding carboxylic acids is 1. The van der Waals surface area contributed by atoms with E-state index in [1.165, 1.54) is 51.4 Å². The van der Waals surface area contributed by atoms with Gasteiger partial charge in [-0.25, -0.2) is 9.97 Å². The van der Waals surface area contributed by atoms with E-state index in [9.17, 15) is 4.79 Å². The van der Waals surface area contributed by atoms with Gasteiger partial charge in [-0.2, -0.15) is 0 Å². The van der Waals surface area contributed by atoms with Crippen LogP contribution in [0.2, 0.25) is 0 Å². The number of unbranched alkanes of at least 4 members (excludes halogenated alkanes) is 9. The van der Waals surface area contributed by atoms with Crippen LogP contribution in [0.4, 0.5) is 0 Å². The number of carbonyl (C=O) groups is 1. The van der Waals surface area contributed by atoms with E-state index in [1.807, 2.05) is 24.3 Å². The molecule has 1 heterocycles. The molecule has 0 aliphatic rings. The van der Waals surface area contributed by atoms with Gasteiger partial charge in [0.1, 0.15) is 5.75 Å². The predicted octanol–water partition coefficient (Wildman–Crippen LogP) is 7.15. The maximum atomic E-state index is 12.0. The van der Waals surface area contributed by atoms with Crippen LogP contribution in [0.1, 0.15) is 90.9 Å².